The molecule has 2 rings (SSSR count). The summed E-state index contributed by atoms with van der Waals surface area (Å²) in [6.45, 7) is 3.92. The monoisotopic (exact) mass is 433 g/mol. The second-order valence-corrected chi connectivity index (χ2v) is 5.99. The Kier molecular flexibility index (Phi) is 7.07. The number of hydrazone groups is 1. The van der Waals surface area contributed by atoms with Gasteiger partial charge < -0.3 is 9.47 Å². The molecular weight excluding hydrogens is 418 g/mol. The molecule has 0 aliphatic rings. The molecule has 0 radical (unpaired) electrons. The number of ether oxygens (including phenoxy) is 2. The van der Waals surface area contributed by atoms with Crippen molar-refractivity contribution in [1.82, 2.24) is 5.43 Å². The predicted octanol–water partition coefficient (Wildman–Crippen LogP) is 3.69. The molecular formula is C18H16BrN3O5. The molecule has 2 aromatic rings. The van der Waals surface area contributed by atoms with Crippen LogP contribution in [0.15, 0.2) is 58.6 Å². The van der Waals surface area contributed by atoms with Crippen molar-refractivity contribution in [2.24, 2.45) is 5.10 Å². The smallest absolute Gasteiger partial charge is 0.271 e. The molecule has 140 valence electrons. The second kappa shape index (κ2) is 9.48. The molecule has 0 fully saturated rings. The fourth-order valence-electron chi connectivity index (χ4n) is 2.09. The van der Waals surface area contributed by atoms with E-state index in [0.717, 1.165) is 0 Å². The summed E-state index contributed by atoms with van der Waals surface area (Å²) >= 11 is 3.40. The van der Waals surface area contributed by atoms with E-state index in [2.05, 4.69) is 33.0 Å². The van der Waals surface area contributed by atoms with Gasteiger partial charge in [0.2, 0.25) is 0 Å². The maximum absolute atomic E-state index is 12.1. The Hall–Kier alpha value is -3.20. The van der Waals surface area contributed by atoms with Gasteiger partial charge in [-0.05, 0) is 39.7 Å². The minimum absolute atomic E-state index is 0.133. The predicted molar refractivity (Wildman–Crippen MR) is 105 cm³/mol. The lowest BCUT2D eigenvalue weighted by molar-refractivity contribution is -0.384. The van der Waals surface area contributed by atoms with Crippen LogP contribution in [0.25, 0.3) is 0 Å². The first-order chi connectivity index (χ1) is 13.0. The maximum Gasteiger partial charge on any atom is 0.271 e. The van der Waals surface area contributed by atoms with Gasteiger partial charge in [-0.1, -0.05) is 18.7 Å². The number of amides is 1. The van der Waals surface area contributed by atoms with E-state index in [9.17, 15) is 14.9 Å². The van der Waals surface area contributed by atoms with Crippen molar-refractivity contribution in [2.75, 3.05) is 13.7 Å². The number of hydrogen-bond acceptors (Lipinski definition) is 6. The summed E-state index contributed by atoms with van der Waals surface area (Å²) in [6.07, 6.45) is 3.03. The number of non-ortho nitro benzene ring substituents is 1. The molecule has 0 spiro atoms. The molecule has 0 bridgehead atoms. The largest absolute Gasteiger partial charge is 0.493 e. The average molecular weight is 434 g/mol. The van der Waals surface area contributed by atoms with Gasteiger partial charge >= 0.3 is 0 Å². The summed E-state index contributed by atoms with van der Waals surface area (Å²) in [5.74, 6) is 0.444. The molecule has 1 N–H and O–H groups in total. The highest BCUT2D eigenvalue weighted by atomic mass is 79.9. The number of carbonyl (C=O) groups excluding carboxylic acids is 1. The minimum Gasteiger partial charge on any atom is -0.493 e. The molecule has 0 saturated carbocycles. The van der Waals surface area contributed by atoms with E-state index in [1.807, 2.05) is 0 Å². The second-order valence-electron chi connectivity index (χ2n) is 5.14. The number of hydrogen-bond donors (Lipinski definition) is 1. The van der Waals surface area contributed by atoms with Gasteiger partial charge in [-0.2, -0.15) is 5.10 Å². The Morgan fingerprint density at radius 1 is 1.41 bits per heavy atom. The van der Waals surface area contributed by atoms with Crippen LogP contribution in [-0.2, 0) is 0 Å². The van der Waals surface area contributed by atoms with Gasteiger partial charge in [0, 0.05) is 17.7 Å². The Morgan fingerprint density at radius 3 is 2.85 bits per heavy atom. The van der Waals surface area contributed by atoms with Crippen LogP contribution in [0.1, 0.15) is 15.9 Å². The number of nitrogens with one attached hydrogen (secondary N) is 1. The van der Waals surface area contributed by atoms with Crippen molar-refractivity contribution in [3.8, 4) is 11.5 Å². The fourth-order valence-corrected chi connectivity index (χ4v) is 2.66. The molecule has 0 aliphatic carbocycles. The molecule has 0 heterocycles. The van der Waals surface area contributed by atoms with E-state index in [1.54, 1.807) is 18.2 Å². The highest BCUT2D eigenvalue weighted by Crippen LogP contribution is 2.36. The SMILES string of the molecule is C=CCOc1c(Br)cc(/C=N\NC(=O)c2cccc([N+](=O)[O-])c2)cc1OC. The van der Waals surface area contributed by atoms with E-state index in [0.29, 0.717) is 28.1 Å². The molecule has 27 heavy (non-hydrogen) atoms. The number of rotatable bonds is 8. The zero-order chi connectivity index (χ0) is 19.8. The van der Waals surface area contributed by atoms with Crippen molar-refractivity contribution in [2.45, 2.75) is 0 Å². The number of nitro benzene ring substituents is 1. The van der Waals surface area contributed by atoms with Gasteiger partial charge in [0.25, 0.3) is 11.6 Å². The van der Waals surface area contributed by atoms with Crippen LogP contribution in [0.4, 0.5) is 5.69 Å². The Morgan fingerprint density at radius 2 is 2.19 bits per heavy atom. The summed E-state index contributed by atoms with van der Waals surface area (Å²) in [6, 6.07) is 8.80. The number of methoxy groups -OCH3 is 1. The molecule has 0 aromatic heterocycles. The van der Waals surface area contributed by atoms with E-state index < -0.39 is 10.8 Å². The topological polar surface area (TPSA) is 103 Å². The van der Waals surface area contributed by atoms with Crippen LogP contribution >= 0.6 is 15.9 Å². The minimum atomic E-state index is -0.570. The van der Waals surface area contributed by atoms with Crippen LogP contribution < -0.4 is 14.9 Å². The highest BCUT2D eigenvalue weighted by molar-refractivity contribution is 9.10. The van der Waals surface area contributed by atoms with Crippen LogP contribution in [0.5, 0.6) is 11.5 Å². The van der Waals surface area contributed by atoms with E-state index in [4.69, 9.17) is 9.47 Å². The highest BCUT2D eigenvalue weighted by Gasteiger charge is 2.12. The van der Waals surface area contributed by atoms with E-state index in [-0.39, 0.29) is 11.3 Å². The molecule has 0 unspecified atom stereocenters. The molecule has 9 heteroatoms. The molecule has 1 amide bonds. The van der Waals surface area contributed by atoms with Gasteiger partial charge in [-0.15, -0.1) is 0 Å². The third kappa shape index (κ3) is 5.38. The molecule has 0 aliphatic heterocycles. The van der Waals surface area contributed by atoms with Gasteiger partial charge in [0.1, 0.15) is 6.61 Å². The summed E-state index contributed by atoms with van der Waals surface area (Å²) in [7, 11) is 1.51. The number of benzene rings is 2. The average Bonchev–Trinajstić information content (AvgIpc) is 2.66. The first-order valence-corrected chi connectivity index (χ1v) is 8.44. The van der Waals surface area contributed by atoms with E-state index >= 15 is 0 Å². The standard InChI is InChI=1S/C18H16BrN3O5/c1-3-7-27-17-15(19)8-12(9-16(17)26-2)11-20-21-18(23)13-5-4-6-14(10-13)22(24)25/h3-6,8-11H,1,7H2,2H3,(H,21,23)/b20-11-. The van der Waals surface area contributed by atoms with Crippen molar-refractivity contribution in [3.05, 3.63) is 74.8 Å². The van der Waals surface area contributed by atoms with Gasteiger partial charge in [-0.25, -0.2) is 5.43 Å². The first-order valence-electron chi connectivity index (χ1n) is 7.65. The summed E-state index contributed by atoms with van der Waals surface area (Å²) in [5, 5.41) is 14.6. The van der Waals surface area contributed by atoms with Crippen LogP contribution in [0.2, 0.25) is 0 Å². The number of halogens is 1. The Balaban J connectivity index is 2.12. The van der Waals surface area contributed by atoms with Crippen LogP contribution in [0, 0.1) is 10.1 Å². The van der Waals surface area contributed by atoms with Crippen molar-refractivity contribution < 1.29 is 19.2 Å². The van der Waals surface area contributed by atoms with Crippen molar-refractivity contribution in [1.29, 1.82) is 0 Å². The zero-order valence-corrected chi connectivity index (χ0v) is 15.9. The quantitative estimate of drug-likeness (QED) is 0.296. The fraction of sp³-hybridized carbons (Fsp3) is 0.111. The summed E-state index contributed by atoms with van der Waals surface area (Å²) in [5.41, 5.74) is 2.93. The van der Waals surface area contributed by atoms with E-state index in [1.165, 1.54) is 37.6 Å². The number of carbonyl (C=O) groups is 1. The van der Waals surface area contributed by atoms with Crippen molar-refractivity contribution >= 4 is 33.7 Å². The van der Waals surface area contributed by atoms with Crippen LogP contribution in [-0.4, -0.2) is 30.8 Å². The Bertz CT molecular complexity index is 899. The normalized spacial score (nSPS) is 10.4. The van der Waals surface area contributed by atoms with Crippen molar-refractivity contribution in [3.63, 3.8) is 0 Å². The third-order valence-electron chi connectivity index (χ3n) is 3.30. The summed E-state index contributed by atoms with van der Waals surface area (Å²) < 4.78 is 11.5. The lowest BCUT2D eigenvalue weighted by Gasteiger charge is -2.12. The maximum atomic E-state index is 12.1. The molecule has 0 saturated heterocycles. The molecule has 8 nitrogen and oxygen atoms in total. The Labute approximate surface area is 163 Å². The number of nitro groups is 1. The van der Waals surface area contributed by atoms with Gasteiger partial charge in [-0.3, -0.25) is 14.9 Å². The molecule has 2 aromatic carbocycles. The van der Waals surface area contributed by atoms with Gasteiger partial charge in [0.05, 0.1) is 22.7 Å². The zero-order valence-electron chi connectivity index (χ0n) is 14.3. The third-order valence-corrected chi connectivity index (χ3v) is 3.89. The molecule has 0 atom stereocenters. The first kappa shape index (κ1) is 20.1. The summed E-state index contributed by atoms with van der Waals surface area (Å²) in [4.78, 5) is 22.3. The number of nitrogens with zero attached hydrogens (tertiary/aromatic N) is 2. The lowest BCUT2D eigenvalue weighted by atomic mass is 10.2. The lowest BCUT2D eigenvalue weighted by Crippen LogP contribution is -2.17. The van der Waals surface area contributed by atoms with Gasteiger partial charge in [0.15, 0.2) is 11.5 Å². The van der Waals surface area contributed by atoms with Crippen LogP contribution in [0.3, 0.4) is 0 Å².